The van der Waals surface area contributed by atoms with Crippen molar-refractivity contribution in [2.24, 2.45) is 0 Å². The van der Waals surface area contributed by atoms with Crippen LogP contribution in [0.5, 0.6) is 0 Å². The van der Waals surface area contributed by atoms with Crippen LogP contribution in [0.4, 0.5) is 5.82 Å². The van der Waals surface area contributed by atoms with Crippen LogP contribution >= 0.6 is 0 Å². The number of furan rings is 1. The Balaban J connectivity index is 1.58. The Labute approximate surface area is 173 Å². The molecule has 6 nitrogen and oxygen atoms in total. The Morgan fingerprint density at radius 2 is 1.77 bits per heavy atom. The van der Waals surface area contributed by atoms with E-state index in [0.717, 1.165) is 39.1 Å². The van der Waals surface area contributed by atoms with E-state index in [2.05, 4.69) is 28.4 Å². The molecule has 6 heteroatoms. The summed E-state index contributed by atoms with van der Waals surface area (Å²) in [4.78, 5) is 9.50. The molecule has 0 spiro atoms. The van der Waals surface area contributed by atoms with Gasteiger partial charge in [-0.05, 0) is 49.7 Å². The third-order valence-corrected chi connectivity index (χ3v) is 4.96. The lowest BCUT2D eigenvalue weighted by atomic mass is 10.1. The Morgan fingerprint density at radius 3 is 2.57 bits per heavy atom. The minimum atomic E-state index is 0.475. The molecule has 0 atom stereocenters. The van der Waals surface area contributed by atoms with E-state index in [1.165, 1.54) is 0 Å². The van der Waals surface area contributed by atoms with Gasteiger partial charge in [-0.2, -0.15) is 4.98 Å². The van der Waals surface area contributed by atoms with Gasteiger partial charge in [-0.25, -0.2) is 4.98 Å². The van der Waals surface area contributed by atoms with E-state index in [-0.39, 0.29) is 0 Å². The van der Waals surface area contributed by atoms with E-state index in [4.69, 9.17) is 13.9 Å². The van der Waals surface area contributed by atoms with Crippen molar-refractivity contribution in [2.75, 3.05) is 5.32 Å². The Kier molecular flexibility index (Phi) is 4.52. The summed E-state index contributed by atoms with van der Waals surface area (Å²) in [5, 5.41) is 8.63. The SMILES string of the molecule is Cc1ccc(CNc2nc3c(C)cccc3cc2-c2noc(-c3ccccc3)n2)o1. The first-order valence-electron chi connectivity index (χ1n) is 9.76. The van der Waals surface area contributed by atoms with Crippen LogP contribution < -0.4 is 5.32 Å². The second kappa shape index (κ2) is 7.48. The fraction of sp³-hybridized carbons (Fsp3) is 0.125. The lowest BCUT2D eigenvalue weighted by Gasteiger charge is -2.11. The van der Waals surface area contributed by atoms with E-state index >= 15 is 0 Å². The molecule has 0 amide bonds. The molecule has 2 aromatic carbocycles. The molecular weight excluding hydrogens is 376 g/mol. The zero-order valence-electron chi connectivity index (χ0n) is 16.7. The van der Waals surface area contributed by atoms with Gasteiger partial charge in [-0.15, -0.1) is 0 Å². The van der Waals surface area contributed by atoms with Gasteiger partial charge in [-0.1, -0.05) is 41.6 Å². The molecule has 0 aliphatic heterocycles. The summed E-state index contributed by atoms with van der Waals surface area (Å²) in [6.45, 7) is 4.49. The molecule has 0 saturated heterocycles. The highest BCUT2D eigenvalue weighted by atomic mass is 16.5. The van der Waals surface area contributed by atoms with Gasteiger partial charge in [0, 0.05) is 10.9 Å². The summed E-state index contributed by atoms with van der Waals surface area (Å²) in [6, 6.07) is 21.8. The first-order chi connectivity index (χ1) is 14.7. The maximum absolute atomic E-state index is 5.68. The quantitative estimate of drug-likeness (QED) is 0.406. The van der Waals surface area contributed by atoms with Gasteiger partial charge in [-0.3, -0.25) is 0 Å². The second-order valence-corrected chi connectivity index (χ2v) is 7.19. The minimum absolute atomic E-state index is 0.475. The predicted octanol–water partition coefficient (Wildman–Crippen LogP) is 5.77. The summed E-state index contributed by atoms with van der Waals surface area (Å²) in [5.41, 5.74) is 3.70. The molecule has 0 aliphatic carbocycles. The normalized spacial score (nSPS) is 11.1. The van der Waals surface area contributed by atoms with Gasteiger partial charge in [0.1, 0.15) is 17.3 Å². The third-order valence-electron chi connectivity index (χ3n) is 4.96. The van der Waals surface area contributed by atoms with Crippen molar-refractivity contribution in [3.8, 4) is 22.8 Å². The number of hydrogen-bond donors (Lipinski definition) is 1. The Hall–Kier alpha value is -3.93. The molecule has 5 rings (SSSR count). The molecule has 0 radical (unpaired) electrons. The van der Waals surface area contributed by atoms with Crippen molar-refractivity contribution in [2.45, 2.75) is 20.4 Å². The summed E-state index contributed by atoms with van der Waals surface area (Å²) in [7, 11) is 0. The van der Waals surface area contributed by atoms with Gasteiger partial charge in [0.15, 0.2) is 0 Å². The minimum Gasteiger partial charge on any atom is -0.465 e. The third kappa shape index (κ3) is 3.43. The second-order valence-electron chi connectivity index (χ2n) is 7.19. The summed E-state index contributed by atoms with van der Waals surface area (Å²) in [5.74, 6) is 3.36. The van der Waals surface area contributed by atoms with Crippen LogP contribution in [-0.2, 0) is 6.54 Å². The van der Waals surface area contributed by atoms with E-state index in [9.17, 15) is 0 Å². The monoisotopic (exact) mass is 396 g/mol. The standard InChI is InChI=1S/C24H20N4O2/c1-15-7-6-10-18-13-20(23-27-24(30-28-23)17-8-4-3-5-9-17)22(26-21(15)18)25-14-19-12-11-16(2)29-19/h3-13H,14H2,1-2H3,(H,25,26). The number of hydrogen-bond acceptors (Lipinski definition) is 6. The summed E-state index contributed by atoms with van der Waals surface area (Å²) >= 11 is 0. The molecular formula is C24H20N4O2. The molecule has 5 aromatic rings. The number of benzene rings is 2. The molecule has 0 unspecified atom stereocenters. The number of nitrogens with zero attached hydrogens (tertiary/aromatic N) is 3. The molecule has 148 valence electrons. The van der Waals surface area contributed by atoms with Crippen molar-refractivity contribution in [1.29, 1.82) is 0 Å². The number of nitrogens with one attached hydrogen (secondary N) is 1. The van der Waals surface area contributed by atoms with Gasteiger partial charge < -0.3 is 14.3 Å². The first-order valence-corrected chi connectivity index (χ1v) is 9.76. The molecule has 0 aliphatic rings. The highest BCUT2D eigenvalue weighted by molar-refractivity contribution is 5.89. The van der Waals surface area contributed by atoms with Crippen LogP contribution in [0.1, 0.15) is 17.1 Å². The van der Waals surface area contributed by atoms with Gasteiger partial charge in [0.05, 0.1) is 17.6 Å². The van der Waals surface area contributed by atoms with Gasteiger partial charge >= 0.3 is 0 Å². The summed E-state index contributed by atoms with van der Waals surface area (Å²) < 4.78 is 11.2. The number of aromatic nitrogens is 3. The molecule has 3 aromatic heterocycles. The lowest BCUT2D eigenvalue weighted by molar-refractivity contribution is 0.432. The van der Waals surface area contributed by atoms with Crippen LogP contribution in [0.25, 0.3) is 33.7 Å². The highest BCUT2D eigenvalue weighted by Crippen LogP contribution is 2.31. The van der Waals surface area contributed by atoms with Crippen molar-refractivity contribution in [1.82, 2.24) is 15.1 Å². The van der Waals surface area contributed by atoms with Crippen molar-refractivity contribution in [3.05, 3.63) is 83.8 Å². The molecule has 30 heavy (non-hydrogen) atoms. The molecule has 1 N–H and O–H groups in total. The first kappa shape index (κ1) is 18.1. The van der Waals surface area contributed by atoms with Crippen LogP contribution in [0.3, 0.4) is 0 Å². The predicted molar refractivity (Wildman–Crippen MR) is 116 cm³/mol. The fourth-order valence-electron chi connectivity index (χ4n) is 3.43. The van der Waals surface area contributed by atoms with Crippen molar-refractivity contribution in [3.63, 3.8) is 0 Å². The fourth-order valence-corrected chi connectivity index (χ4v) is 3.43. The number of aryl methyl sites for hydroxylation is 2. The van der Waals surface area contributed by atoms with E-state index in [0.29, 0.717) is 24.1 Å². The molecule has 3 heterocycles. The molecule has 0 bridgehead atoms. The van der Waals surface area contributed by atoms with E-state index in [1.807, 2.05) is 67.6 Å². The van der Waals surface area contributed by atoms with Crippen LogP contribution in [-0.4, -0.2) is 15.1 Å². The largest absolute Gasteiger partial charge is 0.465 e. The van der Waals surface area contributed by atoms with Crippen molar-refractivity contribution < 1.29 is 8.94 Å². The van der Waals surface area contributed by atoms with E-state index < -0.39 is 0 Å². The number of pyridine rings is 1. The number of para-hydroxylation sites is 1. The number of rotatable bonds is 5. The summed E-state index contributed by atoms with van der Waals surface area (Å²) in [6.07, 6.45) is 0. The lowest BCUT2D eigenvalue weighted by Crippen LogP contribution is -2.04. The van der Waals surface area contributed by atoms with E-state index in [1.54, 1.807) is 0 Å². The topological polar surface area (TPSA) is 77.0 Å². The molecule has 0 saturated carbocycles. The van der Waals surface area contributed by atoms with Crippen molar-refractivity contribution >= 4 is 16.7 Å². The maximum Gasteiger partial charge on any atom is 0.258 e. The highest BCUT2D eigenvalue weighted by Gasteiger charge is 2.17. The zero-order valence-corrected chi connectivity index (χ0v) is 16.7. The average Bonchev–Trinajstić information content (AvgIpc) is 3.42. The zero-order chi connectivity index (χ0) is 20.5. The molecule has 0 fully saturated rings. The van der Waals surface area contributed by atoms with Crippen LogP contribution in [0.15, 0.2) is 75.7 Å². The smallest absolute Gasteiger partial charge is 0.258 e. The number of fused-ring (bicyclic) bond motifs is 1. The Bertz CT molecular complexity index is 1320. The maximum atomic E-state index is 5.68. The van der Waals surface area contributed by atoms with Gasteiger partial charge in [0.25, 0.3) is 5.89 Å². The van der Waals surface area contributed by atoms with Crippen LogP contribution in [0, 0.1) is 13.8 Å². The van der Waals surface area contributed by atoms with Crippen LogP contribution in [0.2, 0.25) is 0 Å². The van der Waals surface area contributed by atoms with Gasteiger partial charge in [0.2, 0.25) is 5.82 Å². The Morgan fingerprint density at radius 1 is 0.900 bits per heavy atom. The average molecular weight is 396 g/mol. The number of anilines is 1.